The highest BCUT2D eigenvalue weighted by atomic mass is 19.4. The summed E-state index contributed by atoms with van der Waals surface area (Å²) in [4.78, 5) is 14.0. The second kappa shape index (κ2) is 10.1. The number of hydrogen-bond acceptors (Lipinski definition) is 5. The molecule has 4 rings (SSSR count). The van der Waals surface area contributed by atoms with Crippen LogP contribution in [0.1, 0.15) is 28.2 Å². The number of alkyl halides is 3. The topological polar surface area (TPSA) is 66.2 Å². The van der Waals surface area contributed by atoms with Gasteiger partial charge in [0.25, 0.3) is 0 Å². The van der Waals surface area contributed by atoms with E-state index in [1.165, 1.54) is 16.7 Å². The first kappa shape index (κ1) is 24.3. The summed E-state index contributed by atoms with van der Waals surface area (Å²) in [6, 6.07) is 11.5. The van der Waals surface area contributed by atoms with Gasteiger partial charge >= 0.3 is 12.1 Å². The third-order valence-electron chi connectivity index (χ3n) is 5.58. The number of furan rings is 1. The van der Waals surface area contributed by atoms with Gasteiger partial charge in [0, 0.05) is 26.2 Å². The summed E-state index contributed by atoms with van der Waals surface area (Å²) >= 11 is 0. The van der Waals surface area contributed by atoms with Gasteiger partial charge in [0.15, 0.2) is 0 Å². The van der Waals surface area contributed by atoms with Crippen molar-refractivity contribution in [1.29, 1.82) is 0 Å². The third-order valence-corrected chi connectivity index (χ3v) is 5.58. The highest BCUT2D eigenvalue weighted by Crippen LogP contribution is 2.26. The molecule has 2 aliphatic rings. The zero-order chi connectivity index (χ0) is 23.5. The van der Waals surface area contributed by atoms with Gasteiger partial charge in [0.2, 0.25) is 0 Å². The standard InChI is InChI=1S/C21H28N2O2.C2HF3O2/c1-15-8-16(2)10-18(9-15)11-22-13-20-21(14-22)24-7-6-23(20)12-19-5-4-17(3)25-19;3-2(4,5)1(6)7/h4-5,8-10,20-21H,6-7,11-14H2,1-3H3;(H,6,7)/t20-,21+;/m1./s1. The quantitative estimate of drug-likeness (QED) is 0.756. The molecule has 0 unspecified atom stereocenters. The molecule has 0 saturated carbocycles. The fraction of sp³-hybridized carbons (Fsp3) is 0.522. The number of morpholine rings is 1. The summed E-state index contributed by atoms with van der Waals surface area (Å²) < 4.78 is 43.6. The smallest absolute Gasteiger partial charge is 0.475 e. The van der Waals surface area contributed by atoms with Gasteiger partial charge in [0.1, 0.15) is 11.5 Å². The van der Waals surface area contributed by atoms with Gasteiger partial charge < -0.3 is 14.3 Å². The average Bonchev–Trinajstić information content (AvgIpc) is 3.26. The molecule has 1 aromatic carbocycles. The van der Waals surface area contributed by atoms with Gasteiger partial charge in [-0.25, -0.2) is 4.79 Å². The summed E-state index contributed by atoms with van der Waals surface area (Å²) in [6.45, 7) is 12.1. The van der Waals surface area contributed by atoms with Crippen molar-refractivity contribution in [3.63, 3.8) is 0 Å². The molecule has 1 aromatic heterocycles. The predicted molar refractivity (Wildman–Crippen MR) is 112 cm³/mol. The van der Waals surface area contributed by atoms with E-state index in [-0.39, 0.29) is 0 Å². The molecule has 2 fully saturated rings. The van der Waals surface area contributed by atoms with E-state index in [9.17, 15) is 13.2 Å². The lowest BCUT2D eigenvalue weighted by molar-refractivity contribution is -0.192. The number of nitrogens with zero attached hydrogens (tertiary/aromatic N) is 2. The van der Waals surface area contributed by atoms with E-state index in [1.54, 1.807) is 0 Å². The largest absolute Gasteiger partial charge is 0.490 e. The summed E-state index contributed by atoms with van der Waals surface area (Å²) in [5.74, 6) is -0.707. The summed E-state index contributed by atoms with van der Waals surface area (Å²) in [7, 11) is 0. The molecule has 32 heavy (non-hydrogen) atoms. The van der Waals surface area contributed by atoms with Crippen molar-refractivity contribution >= 4 is 5.97 Å². The summed E-state index contributed by atoms with van der Waals surface area (Å²) in [5, 5.41) is 7.12. The van der Waals surface area contributed by atoms with Crippen LogP contribution in [0.25, 0.3) is 0 Å². The van der Waals surface area contributed by atoms with Crippen LogP contribution in [0.2, 0.25) is 0 Å². The van der Waals surface area contributed by atoms with Crippen LogP contribution in [0, 0.1) is 20.8 Å². The highest BCUT2D eigenvalue weighted by molar-refractivity contribution is 5.73. The fourth-order valence-corrected chi connectivity index (χ4v) is 4.35. The lowest BCUT2D eigenvalue weighted by Crippen LogP contribution is -2.50. The molecule has 2 atom stereocenters. The van der Waals surface area contributed by atoms with Gasteiger partial charge in [0.05, 0.1) is 25.3 Å². The second-order valence-corrected chi connectivity index (χ2v) is 8.45. The first-order chi connectivity index (χ1) is 15.0. The minimum Gasteiger partial charge on any atom is -0.475 e. The monoisotopic (exact) mass is 454 g/mol. The summed E-state index contributed by atoms with van der Waals surface area (Å²) in [5.41, 5.74) is 4.10. The fourth-order valence-electron chi connectivity index (χ4n) is 4.35. The van der Waals surface area contributed by atoms with E-state index in [0.29, 0.717) is 12.1 Å². The number of carboxylic acid groups (broad SMARTS) is 1. The molecule has 2 saturated heterocycles. The number of likely N-dealkylation sites (tertiary alicyclic amines) is 1. The Morgan fingerprint density at radius 1 is 1.09 bits per heavy atom. The van der Waals surface area contributed by atoms with E-state index >= 15 is 0 Å². The van der Waals surface area contributed by atoms with Crippen molar-refractivity contribution in [3.8, 4) is 0 Å². The van der Waals surface area contributed by atoms with E-state index in [4.69, 9.17) is 19.1 Å². The van der Waals surface area contributed by atoms with Crippen LogP contribution in [0.4, 0.5) is 13.2 Å². The van der Waals surface area contributed by atoms with Gasteiger partial charge in [-0.1, -0.05) is 29.3 Å². The third kappa shape index (κ3) is 6.57. The maximum Gasteiger partial charge on any atom is 0.490 e. The molecule has 0 bridgehead atoms. The van der Waals surface area contributed by atoms with E-state index in [1.807, 2.05) is 13.0 Å². The molecule has 0 radical (unpaired) electrons. The normalized spacial score (nSPS) is 21.7. The van der Waals surface area contributed by atoms with Gasteiger partial charge in [-0.05, 0) is 38.5 Å². The number of benzene rings is 1. The molecule has 0 aliphatic carbocycles. The van der Waals surface area contributed by atoms with Crippen LogP contribution in [-0.4, -0.2) is 65.4 Å². The highest BCUT2D eigenvalue weighted by Gasteiger charge is 2.40. The zero-order valence-electron chi connectivity index (χ0n) is 18.5. The molecular weight excluding hydrogens is 425 g/mol. The first-order valence-electron chi connectivity index (χ1n) is 10.5. The minimum atomic E-state index is -5.08. The molecule has 2 aromatic rings. The molecule has 3 heterocycles. The maximum absolute atomic E-state index is 10.6. The van der Waals surface area contributed by atoms with Crippen LogP contribution in [-0.2, 0) is 22.6 Å². The van der Waals surface area contributed by atoms with E-state index < -0.39 is 12.1 Å². The molecule has 176 valence electrons. The van der Waals surface area contributed by atoms with E-state index in [2.05, 4.69) is 47.9 Å². The second-order valence-electron chi connectivity index (χ2n) is 8.45. The number of aliphatic carboxylic acids is 1. The van der Waals surface area contributed by atoms with Crippen LogP contribution in [0.15, 0.2) is 34.7 Å². The van der Waals surface area contributed by atoms with Crippen LogP contribution < -0.4 is 0 Å². The van der Waals surface area contributed by atoms with Crippen LogP contribution in [0.3, 0.4) is 0 Å². The first-order valence-corrected chi connectivity index (χ1v) is 10.5. The Balaban J connectivity index is 0.000000360. The SMILES string of the molecule is Cc1cc(C)cc(CN2C[C@@H]3OCCN(Cc4ccc(C)o4)[C@@H]3C2)c1.O=C(O)C(F)(F)F. The molecule has 0 amide bonds. The number of carbonyl (C=O) groups is 1. The van der Waals surface area contributed by atoms with Crippen LogP contribution in [0.5, 0.6) is 0 Å². The van der Waals surface area contributed by atoms with Gasteiger partial charge in [-0.15, -0.1) is 0 Å². The molecule has 9 heteroatoms. The number of aryl methyl sites for hydroxylation is 3. The number of hydrogen-bond donors (Lipinski definition) is 1. The molecule has 6 nitrogen and oxygen atoms in total. The van der Waals surface area contributed by atoms with Crippen molar-refractivity contribution in [2.24, 2.45) is 0 Å². The van der Waals surface area contributed by atoms with Crippen molar-refractivity contribution in [1.82, 2.24) is 9.80 Å². The van der Waals surface area contributed by atoms with Gasteiger partial charge in [-0.3, -0.25) is 9.80 Å². The Morgan fingerprint density at radius 3 is 2.31 bits per heavy atom. The van der Waals surface area contributed by atoms with Crippen molar-refractivity contribution < 1.29 is 32.2 Å². The molecular formula is C23H29F3N2O4. The lowest BCUT2D eigenvalue weighted by Gasteiger charge is -2.36. The molecule has 0 spiro atoms. The Hall–Kier alpha value is -2.36. The Kier molecular flexibility index (Phi) is 7.63. The summed E-state index contributed by atoms with van der Waals surface area (Å²) in [6.07, 6.45) is -4.77. The van der Waals surface area contributed by atoms with Crippen LogP contribution >= 0.6 is 0 Å². The Bertz CT molecular complexity index is 908. The van der Waals surface area contributed by atoms with Gasteiger partial charge in [-0.2, -0.15) is 13.2 Å². The molecule has 1 N–H and O–H groups in total. The average molecular weight is 454 g/mol. The van der Waals surface area contributed by atoms with Crippen molar-refractivity contribution in [2.45, 2.75) is 52.2 Å². The lowest BCUT2D eigenvalue weighted by atomic mass is 10.1. The number of halogens is 3. The Labute approximate surface area is 185 Å². The van der Waals surface area contributed by atoms with E-state index in [0.717, 1.165) is 50.9 Å². The van der Waals surface area contributed by atoms with Crippen molar-refractivity contribution in [2.75, 3.05) is 26.2 Å². The predicted octanol–water partition coefficient (Wildman–Crippen LogP) is 3.92. The number of ether oxygens (including phenoxy) is 1. The number of carboxylic acids is 1. The van der Waals surface area contributed by atoms with Crippen molar-refractivity contribution in [3.05, 3.63) is 58.5 Å². The zero-order valence-corrected chi connectivity index (χ0v) is 18.5. The minimum absolute atomic E-state index is 0.315. The number of fused-ring (bicyclic) bond motifs is 1. The molecule has 2 aliphatic heterocycles. The maximum atomic E-state index is 10.6. The Morgan fingerprint density at radius 2 is 1.75 bits per heavy atom. The number of rotatable bonds is 4.